The predicted octanol–water partition coefficient (Wildman–Crippen LogP) is 6.32. The average molecular weight is 647 g/mol. The van der Waals surface area contributed by atoms with Crippen LogP contribution in [-0.4, -0.2) is 53.9 Å². The number of benzene rings is 2. The van der Waals surface area contributed by atoms with Crippen molar-refractivity contribution in [1.29, 1.82) is 0 Å². The van der Waals surface area contributed by atoms with E-state index in [1.165, 1.54) is 19.3 Å². The van der Waals surface area contributed by atoms with E-state index in [0.29, 0.717) is 43.6 Å². The van der Waals surface area contributed by atoms with Crippen LogP contribution in [0.5, 0.6) is 11.5 Å². The highest BCUT2D eigenvalue weighted by atomic mass is 16.5. The van der Waals surface area contributed by atoms with Crippen LogP contribution in [0.2, 0.25) is 0 Å². The van der Waals surface area contributed by atoms with Gasteiger partial charge in [0.25, 0.3) is 5.91 Å². The monoisotopic (exact) mass is 646 g/mol. The maximum Gasteiger partial charge on any atom is 0.307 e. The largest absolute Gasteiger partial charge is 0.496 e. The lowest BCUT2D eigenvalue weighted by atomic mass is 9.89. The fourth-order valence-corrected chi connectivity index (χ4v) is 6.13. The van der Waals surface area contributed by atoms with E-state index >= 15 is 0 Å². The molecule has 0 aliphatic heterocycles. The van der Waals surface area contributed by atoms with E-state index in [0.717, 1.165) is 29.7 Å². The van der Waals surface area contributed by atoms with Gasteiger partial charge in [0.15, 0.2) is 5.69 Å². The topological polar surface area (TPSA) is 121 Å². The number of nitrogens with zero attached hydrogens (tertiary/aromatic N) is 2. The van der Waals surface area contributed by atoms with Crippen molar-refractivity contribution in [2.75, 3.05) is 20.3 Å². The molecule has 2 aromatic carbocycles. The molecule has 1 atom stereocenters. The molecular weight excluding hydrogens is 596 g/mol. The van der Waals surface area contributed by atoms with E-state index in [-0.39, 0.29) is 48.8 Å². The summed E-state index contributed by atoms with van der Waals surface area (Å²) in [5, 5.41) is 10.7. The summed E-state index contributed by atoms with van der Waals surface area (Å²) in [7, 11) is 1.63. The first-order valence-corrected chi connectivity index (χ1v) is 16.9. The SMILES string of the molecule is CCOC(=O)CCNC(=O)C[C@H](CC(C)C)NC(=O)c1cc(-c2c(OC)cccc2OCc2ccccc2)n(CC2CCCCC2)n1. The molecule has 0 radical (unpaired) electrons. The van der Waals surface area contributed by atoms with Gasteiger partial charge in [-0.05, 0) is 61.8 Å². The predicted molar refractivity (Wildman–Crippen MR) is 181 cm³/mol. The van der Waals surface area contributed by atoms with E-state index in [4.69, 9.17) is 19.3 Å². The zero-order valence-corrected chi connectivity index (χ0v) is 28.3. The second-order valence-electron chi connectivity index (χ2n) is 12.6. The first-order valence-electron chi connectivity index (χ1n) is 16.9. The van der Waals surface area contributed by atoms with Crippen molar-refractivity contribution in [2.45, 2.75) is 91.3 Å². The number of methoxy groups -OCH3 is 1. The van der Waals surface area contributed by atoms with Gasteiger partial charge in [0.1, 0.15) is 18.1 Å². The van der Waals surface area contributed by atoms with Gasteiger partial charge >= 0.3 is 5.97 Å². The van der Waals surface area contributed by atoms with Crippen LogP contribution in [-0.2, 0) is 27.5 Å². The molecule has 1 heterocycles. The van der Waals surface area contributed by atoms with E-state index < -0.39 is 6.04 Å². The third-order valence-corrected chi connectivity index (χ3v) is 8.35. The molecule has 0 spiro atoms. The van der Waals surface area contributed by atoms with Gasteiger partial charge < -0.3 is 24.8 Å². The van der Waals surface area contributed by atoms with Gasteiger partial charge in [-0.3, -0.25) is 19.1 Å². The molecule has 1 aliphatic rings. The number of carbonyl (C=O) groups is 3. The van der Waals surface area contributed by atoms with Crippen molar-refractivity contribution in [3.8, 4) is 22.8 Å². The van der Waals surface area contributed by atoms with Crippen LogP contribution in [0.3, 0.4) is 0 Å². The lowest BCUT2D eigenvalue weighted by Crippen LogP contribution is -2.40. The molecule has 47 heavy (non-hydrogen) atoms. The number of esters is 1. The summed E-state index contributed by atoms with van der Waals surface area (Å²) in [5.41, 5.74) is 2.80. The third kappa shape index (κ3) is 10.9. The van der Waals surface area contributed by atoms with Gasteiger partial charge in [-0.1, -0.05) is 69.5 Å². The second kappa shape index (κ2) is 18.1. The molecular formula is C37H50N4O6. The summed E-state index contributed by atoms with van der Waals surface area (Å²) in [6.07, 6.45) is 6.65. The average Bonchev–Trinajstić information content (AvgIpc) is 3.47. The van der Waals surface area contributed by atoms with Crippen LogP contribution in [0.1, 0.15) is 88.2 Å². The maximum absolute atomic E-state index is 13.8. The number of rotatable bonds is 17. The van der Waals surface area contributed by atoms with E-state index in [1.807, 2.05) is 67.1 Å². The summed E-state index contributed by atoms with van der Waals surface area (Å²) >= 11 is 0. The Morgan fingerprint density at radius 2 is 1.74 bits per heavy atom. The lowest BCUT2D eigenvalue weighted by Gasteiger charge is -2.23. The van der Waals surface area contributed by atoms with Crippen LogP contribution >= 0.6 is 0 Å². The Balaban J connectivity index is 1.59. The van der Waals surface area contributed by atoms with E-state index in [2.05, 4.69) is 10.6 Å². The van der Waals surface area contributed by atoms with E-state index in [1.54, 1.807) is 20.1 Å². The van der Waals surface area contributed by atoms with E-state index in [9.17, 15) is 14.4 Å². The fraction of sp³-hybridized carbons (Fsp3) is 0.514. The van der Waals surface area contributed by atoms with Crippen LogP contribution < -0.4 is 20.1 Å². The summed E-state index contributed by atoms with van der Waals surface area (Å²) in [6, 6.07) is 17.1. The quantitative estimate of drug-likeness (QED) is 0.165. The zero-order valence-electron chi connectivity index (χ0n) is 28.3. The Morgan fingerprint density at radius 1 is 1.00 bits per heavy atom. The van der Waals surface area contributed by atoms with Crippen LogP contribution in [0.4, 0.5) is 0 Å². The van der Waals surface area contributed by atoms with Gasteiger partial charge in [-0.2, -0.15) is 5.10 Å². The number of nitrogens with one attached hydrogen (secondary N) is 2. The summed E-state index contributed by atoms with van der Waals surface area (Å²) < 4.78 is 19.0. The first-order chi connectivity index (χ1) is 22.8. The summed E-state index contributed by atoms with van der Waals surface area (Å²) in [4.78, 5) is 38.2. The van der Waals surface area contributed by atoms with Gasteiger partial charge in [0.05, 0.1) is 31.4 Å². The molecule has 254 valence electrons. The zero-order chi connectivity index (χ0) is 33.6. The Bertz CT molecular complexity index is 1450. The van der Waals surface area contributed by atoms with Gasteiger partial charge in [-0.25, -0.2) is 0 Å². The summed E-state index contributed by atoms with van der Waals surface area (Å²) in [5.74, 6) is 1.02. The number of ether oxygens (including phenoxy) is 3. The Kier molecular flexibility index (Phi) is 13.7. The van der Waals surface area contributed by atoms with Crippen molar-refractivity contribution in [3.05, 3.63) is 65.9 Å². The normalized spacial score (nSPS) is 14.0. The molecule has 10 heteroatoms. The smallest absolute Gasteiger partial charge is 0.307 e. The highest BCUT2D eigenvalue weighted by molar-refractivity contribution is 5.94. The van der Waals surface area contributed by atoms with Crippen molar-refractivity contribution < 1.29 is 28.6 Å². The molecule has 1 fully saturated rings. The fourth-order valence-electron chi connectivity index (χ4n) is 6.13. The van der Waals surface area contributed by atoms with Gasteiger partial charge in [-0.15, -0.1) is 0 Å². The first kappa shape index (κ1) is 35.5. The molecule has 0 saturated heterocycles. The maximum atomic E-state index is 13.8. The number of amides is 2. The highest BCUT2D eigenvalue weighted by Gasteiger charge is 2.26. The molecule has 0 bridgehead atoms. The Morgan fingerprint density at radius 3 is 2.45 bits per heavy atom. The van der Waals surface area contributed by atoms with Crippen molar-refractivity contribution in [1.82, 2.24) is 20.4 Å². The molecule has 10 nitrogen and oxygen atoms in total. The van der Waals surface area contributed by atoms with Gasteiger partial charge in [0, 0.05) is 25.6 Å². The molecule has 1 saturated carbocycles. The minimum Gasteiger partial charge on any atom is -0.496 e. The molecule has 0 unspecified atom stereocenters. The summed E-state index contributed by atoms with van der Waals surface area (Å²) in [6.45, 7) is 7.38. The van der Waals surface area contributed by atoms with Crippen LogP contribution in [0, 0.1) is 11.8 Å². The standard InChI is InChI=1S/C37H50N4O6/c1-5-46-35(43)19-20-38-34(42)22-29(21-26(2)3)39-37(44)30-23-31(41(40-30)24-27-13-8-6-9-14-27)36-32(45-4)17-12-18-33(36)47-25-28-15-10-7-11-16-28/h7,10-12,15-18,23,26-27,29H,5-6,8-9,13-14,19-22,24-25H2,1-4H3,(H,38,42)(H,39,44)/t29-/m0/s1. The van der Waals surface area contributed by atoms with Crippen LogP contribution in [0.25, 0.3) is 11.3 Å². The number of aromatic nitrogens is 2. The number of hydrogen-bond donors (Lipinski definition) is 2. The molecule has 3 aromatic rings. The molecule has 4 rings (SSSR count). The lowest BCUT2D eigenvalue weighted by molar-refractivity contribution is -0.143. The Hall–Kier alpha value is -4.34. The third-order valence-electron chi connectivity index (χ3n) is 8.35. The minimum atomic E-state index is -0.409. The molecule has 2 N–H and O–H groups in total. The molecule has 1 aliphatic carbocycles. The van der Waals surface area contributed by atoms with Crippen molar-refractivity contribution in [2.24, 2.45) is 11.8 Å². The molecule has 2 amide bonds. The number of hydrogen-bond acceptors (Lipinski definition) is 7. The van der Waals surface area contributed by atoms with Crippen molar-refractivity contribution in [3.63, 3.8) is 0 Å². The minimum absolute atomic E-state index is 0.0897. The van der Waals surface area contributed by atoms with Crippen LogP contribution in [0.15, 0.2) is 54.6 Å². The Labute approximate surface area is 278 Å². The van der Waals surface area contributed by atoms with Gasteiger partial charge in [0.2, 0.25) is 5.91 Å². The molecule has 1 aromatic heterocycles. The van der Waals surface area contributed by atoms with Crippen molar-refractivity contribution >= 4 is 17.8 Å². The number of carbonyl (C=O) groups excluding carboxylic acids is 3. The highest BCUT2D eigenvalue weighted by Crippen LogP contribution is 2.40. The second-order valence-corrected chi connectivity index (χ2v) is 12.6.